The van der Waals surface area contributed by atoms with Crippen LogP contribution in [0, 0.1) is 17.3 Å². The molecule has 4 amide bonds. The van der Waals surface area contributed by atoms with E-state index in [1.54, 1.807) is 0 Å². The van der Waals surface area contributed by atoms with Gasteiger partial charge >= 0.3 is 0 Å². The van der Waals surface area contributed by atoms with E-state index >= 15 is 0 Å². The molecule has 24 heavy (non-hydrogen) atoms. The van der Waals surface area contributed by atoms with Crippen molar-refractivity contribution >= 4 is 23.6 Å². The van der Waals surface area contributed by atoms with Crippen molar-refractivity contribution in [2.24, 2.45) is 17.3 Å². The summed E-state index contributed by atoms with van der Waals surface area (Å²) < 4.78 is 0. The highest BCUT2D eigenvalue weighted by atomic mass is 16.2. The number of hydrogen-bond donors (Lipinski definition) is 0. The van der Waals surface area contributed by atoms with E-state index in [0.717, 1.165) is 10.8 Å². The van der Waals surface area contributed by atoms with Crippen molar-refractivity contribution < 1.29 is 19.2 Å². The molecule has 2 fully saturated rings. The number of imide groups is 2. The Morgan fingerprint density at radius 2 is 1.29 bits per heavy atom. The molecule has 2 heterocycles. The van der Waals surface area contributed by atoms with Crippen molar-refractivity contribution in [3.8, 4) is 0 Å². The molecule has 1 unspecified atom stereocenters. The van der Waals surface area contributed by atoms with E-state index in [9.17, 15) is 19.2 Å². The molecule has 2 rings (SSSR count). The number of hydrogen-bond acceptors (Lipinski definition) is 4. The van der Waals surface area contributed by atoms with Crippen LogP contribution in [0.2, 0.25) is 0 Å². The predicted octanol–water partition coefficient (Wildman–Crippen LogP) is 2.22. The number of nitrogens with zero attached hydrogens (tertiary/aromatic N) is 2. The van der Waals surface area contributed by atoms with Gasteiger partial charge in [-0.1, -0.05) is 41.5 Å². The van der Waals surface area contributed by atoms with Gasteiger partial charge in [0.25, 0.3) is 0 Å². The van der Waals surface area contributed by atoms with Gasteiger partial charge in [-0.15, -0.1) is 0 Å². The summed E-state index contributed by atoms with van der Waals surface area (Å²) in [4.78, 5) is 49.5. The molecule has 6 heteroatoms. The Morgan fingerprint density at radius 3 is 1.67 bits per heavy atom. The molecule has 0 aromatic heterocycles. The summed E-state index contributed by atoms with van der Waals surface area (Å²) in [5.74, 6) is -0.335. The maximum atomic E-state index is 12.2. The van der Waals surface area contributed by atoms with Gasteiger partial charge in [0.15, 0.2) is 0 Å². The van der Waals surface area contributed by atoms with Gasteiger partial charge in [0, 0.05) is 32.4 Å². The number of carbonyl (C=O) groups excluding carboxylic acids is 4. The molecule has 6 nitrogen and oxygen atoms in total. The van der Waals surface area contributed by atoms with Crippen molar-refractivity contribution in [1.82, 2.24) is 9.80 Å². The van der Waals surface area contributed by atoms with E-state index in [-0.39, 0.29) is 67.3 Å². The molecular formula is C18H30N2O4. The van der Waals surface area contributed by atoms with Crippen LogP contribution < -0.4 is 0 Å². The first kappa shape index (κ1) is 20.3. The highest BCUT2D eigenvalue weighted by Gasteiger charge is 2.44. The average Bonchev–Trinajstić information content (AvgIpc) is 2.88. The van der Waals surface area contributed by atoms with Gasteiger partial charge in [-0.3, -0.25) is 29.0 Å². The Balaban J connectivity index is 0.000000648. The molecule has 0 radical (unpaired) electrons. The minimum absolute atomic E-state index is 0.113. The summed E-state index contributed by atoms with van der Waals surface area (Å²) in [6, 6.07) is 0. The lowest BCUT2D eigenvalue weighted by Gasteiger charge is -2.25. The molecule has 0 saturated carbocycles. The Hall–Kier alpha value is -1.72. The minimum Gasteiger partial charge on any atom is -0.281 e. The minimum atomic E-state index is -0.319. The monoisotopic (exact) mass is 338 g/mol. The van der Waals surface area contributed by atoms with Crippen LogP contribution >= 0.6 is 0 Å². The Labute approximate surface area is 144 Å². The Morgan fingerprint density at radius 1 is 0.875 bits per heavy atom. The van der Waals surface area contributed by atoms with E-state index in [1.807, 2.05) is 20.8 Å². The fourth-order valence-corrected chi connectivity index (χ4v) is 2.67. The first-order chi connectivity index (χ1) is 10.9. The summed E-state index contributed by atoms with van der Waals surface area (Å²) in [6.45, 7) is 12.5. The molecule has 0 spiro atoms. The van der Waals surface area contributed by atoms with Gasteiger partial charge in [-0.05, 0) is 11.3 Å². The van der Waals surface area contributed by atoms with Crippen LogP contribution in [0.25, 0.3) is 0 Å². The Kier molecular flexibility index (Phi) is 6.69. The summed E-state index contributed by atoms with van der Waals surface area (Å²) in [5, 5.41) is 0. The maximum absolute atomic E-state index is 12.2. The highest BCUT2D eigenvalue weighted by Crippen LogP contribution is 2.35. The number of rotatable bonds is 3. The summed E-state index contributed by atoms with van der Waals surface area (Å²) >= 11 is 0. The van der Waals surface area contributed by atoms with Crippen molar-refractivity contribution in [2.75, 3.05) is 13.1 Å². The number of likely N-dealkylation sites (tertiary alicyclic amines) is 2. The van der Waals surface area contributed by atoms with E-state index in [4.69, 9.17) is 0 Å². The summed E-state index contributed by atoms with van der Waals surface area (Å²) in [7, 11) is 0. The van der Waals surface area contributed by atoms with Crippen molar-refractivity contribution in [2.45, 2.75) is 60.8 Å². The largest absolute Gasteiger partial charge is 0.281 e. The zero-order valence-electron chi connectivity index (χ0n) is 15.7. The lowest BCUT2D eigenvalue weighted by Crippen LogP contribution is -2.41. The number of amides is 4. The second-order valence-corrected chi connectivity index (χ2v) is 8.18. The maximum Gasteiger partial charge on any atom is 0.233 e. The lowest BCUT2D eigenvalue weighted by atomic mass is 9.80. The third-order valence-electron chi connectivity index (χ3n) is 3.99. The highest BCUT2D eigenvalue weighted by molar-refractivity contribution is 6.04. The Bertz CT molecular complexity index is 501. The molecular weight excluding hydrogens is 308 g/mol. The van der Waals surface area contributed by atoms with Crippen LogP contribution in [-0.4, -0.2) is 46.5 Å². The van der Waals surface area contributed by atoms with E-state index in [0.29, 0.717) is 0 Å². The standard InChI is InChI=1S/C14H20N2O4.C4H10/c1-14(2,3)9-8-12(19)16(13(9)20)7-6-15-10(17)4-5-11(15)18;1-4(2)3/h9H,4-8H2,1-3H3;4H,1-3H3. The van der Waals surface area contributed by atoms with E-state index in [2.05, 4.69) is 20.8 Å². The molecule has 0 aliphatic carbocycles. The molecule has 136 valence electrons. The van der Waals surface area contributed by atoms with Gasteiger partial charge in [0.2, 0.25) is 23.6 Å². The van der Waals surface area contributed by atoms with Crippen LogP contribution in [-0.2, 0) is 19.2 Å². The van der Waals surface area contributed by atoms with Crippen LogP contribution in [0.3, 0.4) is 0 Å². The van der Waals surface area contributed by atoms with Gasteiger partial charge in [-0.25, -0.2) is 0 Å². The lowest BCUT2D eigenvalue weighted by molar-refractivity contribution is -0.144. The van der Waals surface area contributed by atoms with Crippen LogP contribution in [0.1, 0.15) is 60.8 Å². The molecule has 2 aliphatic rings. The second-order valence-electron chi connectivity index (χ2n) is 8.18. The molecule has 0 aromatic carbocycles. The third-order valence-corrected chi connectivity index (χ3v) is 3.99. The molecule has 2 saturated heterocycles. The van der Waals surface area contributed by atoms with Crippen molar-refractivity contribution in [3.05, 3.63) is 0 Å². The molecule has 0 aromatic rings. The number of carbonyl (C=O) groups is 4. The van der Waals surface area contributed by atoms with Crippen LogP contribution in [0.4, 0.5) is 0 Å². The SMILES string of the molecule is CC(C)(C)C1CC(=O)N(CCN2C(=O)CCC2=O)C1=O.CC(C)C. The molecule has 0 bridgehead atoms. The zero-order chi connectivity index (χ0) is 18.7. The fourth-order valence-electron chi connectivity index (χ4n) is 2.67. The van der Waals surface area contributed by atoms with E-state index in [1.165, 1.54) is 4.90 Å². The fraction of sp³-hybridized carbons (Fsp3) is 0.778. The van der Waals surface area contributed by atoms with Crippen LogP contribution in [0.5, 0.6) is 0 Å². The first-order valence-corrected chi connectivity index (χ1v) is 8.62. The second kappa shape index (κ2) is 7.90. The van der Waals surface area contributed by atoms with Gasteiger partial charge in [0.05, 0.1) is 5.92 Å². The first-order valence-electron chi connectivity index (χ1n) is 8.62. The van der Waals surface area contributed by atoms with Gasteiger partial charge in [-0.2, -0.15) is 0 Å². The van der Waals surface area contributed by atoms with Crippen molar-refractivity contribution in [3.63, 3.8) is 0 Å². The topological polar surface area (TPSA) is 74.8 Å². The quantitative estimate of drug-likeness (QED) is 0.740. The molecule has 0 N–H and O–H groups in total. The molecule has 2 aliphatic heterocycles. The molecule has 1 atom stereocenters. The smallest absolute Gasteiger partial charge is 0.233 e. The van der Waals surface area contributed by atoms with Crippen molar-refractivity contribution in [1.29, 1.82) is 0 Å². The summed E-state index contributed by atoms with van der Waals surface area (Å²) in [5.41, 5.74) is -0.263. The zero-order valence-corrected chi connectivity index (χ0v) is 15.7. The van der Waals surface area contributed by atoms with E-state index < -0.39 is 0 Å². The van der Waals surface area contributed by atoms with Crippen LogP contribution in [0.15, 0.2) is 0 Å². The summed E-state index contributed by atoms with van der Waals surface area (Å²) in [6.07, 6.45) is 0.668. The van der Waals surface area contributed by atoms with Gasteiger partial charge < -0.3 is 0 Å². The predicted molar refractivity (Wildman–Crippen MR) is 90.7 cm³/mol. The van der Waals surface area contributed by atoms with Gasteiger partial charge in [0.1, 0.15) is 0 Å². The normalized spacial score (nSPS) is 21.7. The third kappa shape index (κ3) is 5.14. The average molecular weight is 338 g/mol.